The second kappa shape index (κ2) is 5.36. The van der Waals surface area contributed by atoms with E-state index in [-0.39, 0.29) is 11.8 Å². The van der Waals surface area contributed by atoms with Gasteiger partial charge in [-0.15, -0.1) is 0 Å². The summed E-state index contributed by atoms with van der Waals surface area (Å²) in [5, 5.41) is 9.48. The summed E-state index contributed by atoms with van der Waals surface area (Å²) in [5.74, 6) is 0.217. The minimum atomic E-state index is -0.0249. The van der Waals surface area contributed by atoms with Crippen molar-refractivity contribution in [3.63, 3.8) is 0 Å². The number of benzene rings is 2. The van der Waals surface area contributed by atoms with Gasteiger partial charge < -0.3 is 15.7 Å². The molecule has 2 amide bonds. The van der Waals surface area contributed by atoms with E-state index >= 15 is 0 Å². The second-order valence-electron chi connectivity index (χ2n) is 5.12. The van der Waals surface area contributed by atoms with Crippen molar-refractivity contribution < 1.29 is 9.90 Å². The highest BCUT2D eigenvalue weighted by molar-refractivity contribution is 5.94. The number of nitrogens with zero attached hydrogens (tertiary/aromatic N) is 2. The van der Waals surface area contributed by atoms with Gasteiger partial charge in [-0.25, -0.2) is 4.79 Å². The van der Waals surface area contributed by atoms with Crippen LogP contribution in [0.1, 0.15) is 5.56 Å². The summed E-state index contributed by atoms with van der Waals surface area (Å²) in [5.41, 5.74) is 8.12. The molecule has 3 rings (SSSR count). The van der Waals surface area contributed by atoms with Crippen LogP contribution >= 0.6 is 0 Å². The average molecular weight is 283 g/mol. The highest BCUT2D eigenvalue weighted by atomic mass is 16.3. The van der Waals surface area contributed by atoms with Crippen molar-refractivity contribution in [2.45, 2.75) is 6.54 Å². The molecule has 5 heteroatoms. The summed E-state index contributed by atoms with van der Waals surface area (Å²) in [6.45, 7) is 1.82. The largest absolute Gasteiger partial charge is 0.508 e. The Morgan fingerprint density at radius 3 is 2.57 bits per heavy atom. The minimum Gasteiger partial charge on any atom is -0.508 e. The lowest BCUT2D eigenvalue weighted by molar-refractivity contribution is 0.218. The lowest BCUT2D eigenvalue weighted by Gasteiger charge is -2.19. The third-order valence-electron chi connectivity index (χ3n) is 3.58. The Bertz CT molecular complexity index is 655. The van der Waals surface area contributed by atoms with Gasteiger partial charge in [-0.3, -0.25) is 4.90 Å². The van der Waals surface area contributed by atoms with Crippen molar-refractivity contribution in [2.24, 2.45) is 0 Å². The van der Waals surface area contributed by atoms with Crippen molar-refractivity contribution >= 4 is 17.4 Å². The molecular formula is C16H17N3O2. The smallest absolute Gasteiger partial charge is 0.324 e. The summed E-state index contributed by atoms with van der Waals surface area (Å²) >= 11 is 0. The number of anilines is 2. The molecule has 21 heavy (non-hydrogen) atoms. The molecule has 0 aromatic heterocycles. The molecule has 0 aliphatic carbocycles. The summed E-state index contributed by atoms with van der Waals surface area (Å²) in [6.07, 6.45) is 0. The molecule has 1 aliphatic rings. The maximum absolute atomic E-state index is 12.4. The van der Waals surface area contributed by atoms with Crippen LogP contribution < -0.4 is 10.6 Å². The fraction of sp³-hybridized carbons (Fsp3) is 0.188. The molecule has 1 saturated heterocycles. The molecule has 3 N–H and O–H groups in total. The van der Waals surface area contributed by atoms with Crippen LogP contribution in [0.25, 0.3) is 0 Å². The number of carbonyl (C=O) groups excluding carboxylic acids is 1. The molecule has 0 unspecified atom stereocenters. The highest BCUT2D eigenvalue weighted by Crippen LogP contribution is 2.23. The number of hydrogen-bond donors (Lipinski definition) is 2. The SMILES string of the molecule is Nc1ccc(N2CCN(Cc3cccc(O)c3)C2=O)cc1. The normalized spacial score (nSPS) is 14.8. The van der Waals surface area contributed by atoms with Crippen LogP contribution in [0, 0.1) is 0 Å². The van der Waals surface area contributed by atoms with Crippen LogP contribution in [0.2, 0.25) is 0 Å². The van der Waals surface area contributed by atoms with Crippen LogP contribution in [-0.2, 0) is 6.54 Å². The molecule has 1 fully saturated rings. The molecule has 0 saturated carbocycles. The lowest BCUT2D eigenvalue weighted by Crippen LogP contribution is -2.31. The predicted molar refractivity (Wildman–Crippen MR) is 82.1 cm³/mol. The Kier molecular flexibility index (Phi) is 3.39. The second-order valence-corrected chi connectivity index (χ2v) is 5.12. The van der Waals surface area contributed by atoms with Gasteiger partial charge in [0.25, 0.3) is 0 Å². The predicted octanol–water partition coefficient (Wildman–Crippen LogP) is 2.42. The van der Waals surface area contributed by atoms with Gasteiger partial charge in [0.05, 0.1) is 0 Å². The van der Waals surface area contributed by atoms with E-state index in [0.717, 1.165) is 11.3 Å². The molecule has 0 radical (unpaired) electrons. The quantitative estimate of drug-likeness (QED) is 0.850. The Morgan fingerprint density at radius 1 is 1.10 bits per heavy atom. The third kappa shape index (κ3) is 2.76. The fourth-order valence-corrected chi connectivity index (χ4v) is 2.50. The number of carbonyl (C=O) groups is 1. The Balaban J connectivity index is 1.73. The minimum absolute atomic E-state index is 0.0249. The average Bonchev–Trinajstić information content (AvgIpc) is 2.81. The van der Waals surface area contributed by atoms with Gasteiger partial charge in [-0.05, 0) is 42.0 Å². The first-order chi connectivity index (χ1) is 10.1. The molecule has 2 aromatic carbocycles. The van der Waals surface area contributed by atoms with Gasteiger partial charge in [0, 0.05) is 31.0 Å². The van der Waals surface area contributed by atoms with E-state index in [4.69, 9.17) is 5.73 Å². The van der Waals surface area contributed by atoms with Crippen molar-refractivity contribution in [2.75, 3.05) is 23.7 Å². The number of nitrogens with two attached hydrogens (primary N) is 1. The van der Waals surface area contributed by atoms with Gasteiger partial charge >= 0.3 is 6.03 Å². The van der Waals surface area contributed by atoms with Crippen LogP contribution in [0.15, 0.2) is 48.5 Å². The molecule has 2 aromatic rings. The fourth-order valence-electron chi connectivity index (χ4n) is 2.50. The lowest BCUT2D eigenvalue weighted by atomic mass is 10.2. The Hall–Kier alpha value is -2.69. The molecule has 1 heterocycles. The van der Waals surface area contributed by atoms with Crippen molar-refractivity contribution in [3.8, 4) is 5.75 Å². The summed E-state index contributed by atoms with van der Waals surface area (Å²) in [4.78, 5) is 15.9. The Morgan fingerprint density at radius 2 is 1.86 bits per heavy atom. The highest BCUT2D eigenvalue weighted by Gasteiger charge is 2.29. The van der Waals surface area contributed by atoms with Crippen molar-refractivity contribution in [3.05, 3.63) is 54.1 Å². The number of urea groups is 1. The molecule has 108 valence electrons. The van der Waals surface area contributed by atoms with Gasteiger partial charge in [0.2, 0.25) is 0 Å². The van der Waals surface area contributed by atoms with Crippen LogP contribution in [0.5, 0.6) is 5.75 Å². The van der Waals surface area contributed by atoms with Gasteiger partial charge in [0.15, 0.2) is 0 Å². The topological polar surface area (TPSA) is 69.8 Å². The van der Waals surface area contributed by atoms with Crippen LogP contribution in [0.3, 0.4) is 0 Å². The van der Waals surface area contributed by atoms with Gasteiger partial charge in [0.1, 0.15) is 5.75 Å². The van der Waals surface area contributed by atoms with Crippen molar-refractivity contribution in [1.29, 1.82) is 0 Å². The van der Waals surface area contributed by atoms with Gasteiger partial charge in [-0.2, -0.15) is 0 Å². The summed E-state index contributed by atoms with van der Waals surface area (Å²) < 4.78 is 0. The Labute approximate surface area is 123 Å². The summed E-state index contributed by atoms with van der Waals surface area (Å²) in [7, 11) is 0. The van der Waals surface area contributed by atoms with Crippen LogP contribution in [-0.4, -0.2) is 29.1 Å². The van der Waals surface area contributed by atoms with E-state index in [9.17, 15) is 9.90 Å². The van der Waals surface area contributed by atoms with E-state index in [1.54, 1.807) is 40.1 Å². The van der Waals surface area contributed by atoms with E-state index in [1.165, 1.54) is 0 Å². The van der Waals surface area contributed by atoms with E-state index in [1.807, 2.05) is 18.2 Å². The van der Waals surface area contributed by atoms with E-state index in [0.29, 0.717) is 25.3 Å². The molecule has 1 aliphatic heterocycles. The van der Waals surface area contributed by atoms with E-state index in [2.05, 4.69) is 0 Å². The number of rotatable bonds is 3. The van der Waals surface area contributed by atoms with E-state index < -0.39 is 0 Å². The number of phenolic OH excluding ortho intramolecular Hbond substituents is 1. The first-order valence-electron chi connectivity index (χ1n) is 6.83. The standard InChI is InChI=1S/C16H17N3O2/c17-13-4-6-14(7-5-13)19-9-8-18(16(19)21)11-12-2-1-3-15(20)10-12/h1-7,10,20H,8-9,11,17H2. The molecule has 5 nitrogen and oxygen atoms in total. The number of amides is 2. The number of aromatic hydroxyl groups is 1. The number of hydrogen-bond acceptors (Lipinski definition) is 3. The summed E-state index contributed by atoms with van der Waals surface area (Å²) in [6, 6.07) is 14.2. The first-order valence-corrected chi connectivity index (χ1v) is 6.83. The van der Waals surface area contributed by atoms with Crippen LogP contribution in [0.4, 0.5) is 16.2 Å². The first kappa shape index (κ1) is 13.3. The number of phenols is 1. The maximum Gasteiger partial charge on any atom is 0.324 e. The maximum atomic E-state index is 12.4. The molecule has 0 atom stereocenters. The molecule has 0 bridgehead atoms. The third-order valence-corrected chi connectivity index (χ3v) is 3.58. The van der Waals surface area contributed by atoms with Crippen molar-refractivity contribution in [1.82, 2.24) is 4.90 Å². The zero-order valence-corrected chi connectivity index (χ0v) is 11.6. The van der Waals surface area contributed by atoms with Gasteiger partial charge in [-0.1, -0.05) is 12.1 Å². The monoisotopic (exact) mass is 283 g/mol. The molecular weight excluding hydrogens is 266 g/mol. The molecule has 0 spiro atoms. The zero-order chi connectivity index (χ0) is 14.8. The number of nitrogen functional groups attached to an aromatic ring is 1. The zero-order valence-electron chi connectivity index (χ0n) is 11.6.